The van der Waals surface area contributed by atoms with Gasteiger partial charge in [0.1, 0.15) is 0 Å². The third-order valence-electron chi connectivity index (χ3n) is 1.86. The molecule has 0 bridgehead atoms. The molecular weight excluding hydrogens is 156 g/mol. The van der Waals surface area contributed by atoms with Gasteiger partial charge in [-0.1, -0.05) is 0 Å². The van der Waals surface area contributed by atoms with Crippen LogP contribution in [0.3, 0.4) is 0 Å². The summed E-state index contributed by atoms with van der Waals surface area (Å²) in [4.78, 5) is -1.92. The maximum Gasteiger partial charge on any atom is 0.294 e. The van der Waals surface area contributed by atoms with Crippen LogP contribution in [0.1, 0.15) is 19.8 Å². The van der Waals surface area contributed by atoms with E-state index in [2.05, 4.69) is 0 Å². The number of hydrogen-bond donors (Lipinski definition) is 2. The first-order valence-electron chi connectivity index (χ1n) is 3.05. The van der Waals surface area contributed by atoms with Crippen molar-refractivity contribution in [3.05, 3.63) is 0 Å². The van der Waals surface area contributed by atoms with Gasteiger partial charge < -0.3 is 5.11 Å². The van der Waals surface area contributed by atoms with Gasteiger partial charge in [-0.05, 0) is 19.8 Å². The zero-order valence-electron chi connectivity index (χ0n) is 5.61. The largest absolute Gasteiger partial charge is 0.372 e. The molecule has 0 spiro atoms. The lowest BCUT2D eigenvalue weighted by Gasteiger charge is -2.17. The van der Waals surface area contributed by atoms with Gasteiger partial charge in [0.2, 0.25) is 0 Å². The second kappa shape index (κ2) is 1.93. The van der Waals surface area contributed by atoms with E-state index in [1.165, 1.54) is 0 Å². The number of rotatable bonds is 2. The van der Waals surface area contributed by atoms with Crippen molar-refractivity contribution < 1.29 is 18.1 Å². The monoisotopic (exact) mass is 166 g/mol. The average molecular weight is 166 g/mol. The second-order valence-corrected chi connectivity index (χ2v) is 4.58. The van der Waals surface area contributed by atoms with E-state index in [0.717, 1.165) is 6.92 Å². The fourth-order valence-electron chi connectivity index (χ4n) is 0.830. The lowest BCUT2D eigenvalue weighted by Crippen LogP contribution is -2.36. The summed E-state index contributed by atoms with van der Waals surface area (Å²) < 4.78 is 29.4. The molecule has 1 aliphatic carbocycles. The van der Waals surface area contributed by atoms with Crippen molar-refractivity contribution in [2.75, 3.05) is 0 Å². The predicted molar refractivity (Wildman–Crippen MR) is 34.9 cm³/mol. The van der Waals surface area contributed by atoms with Gasteiger partial charge in [-0.2, -0.15) is 8.42 Å². The van der Waals surface area contributed by atoms with Crippen LogP contribution in [0.5, 0.6) is 0 Å². The molecule has 1 fully saturated rings. The molecule has 1 saturated carbocycles. The normalized spacial score (nSPS) is 25.9. The van der Waals surface area contributed by atoms with Crippen LogP contribution in [-0.4, -0.2) is 23.0 Å². The van der Waals surface area contributed by atoms with Crippen LogP contribution in [-0.2, 0) is 10.1 Å². The molecule has 0 heterocycles. The zero-order valence-corrected chi connectivity index (χ0v) is 6.43. The molecule has 1 rings (SSSR count). The van der Waals surface area contributed by atoms with E-state index < -0.39 is 15.1 Å². The van der Waals surface area contributed by atoms with Gasteiger partial charge in [0.15, 0.2) is 4.93 Å². The highest BCUT2D eigenvalue weighted by molar-refractivity contribution is 7.87. The molecule has 5 heteroatoms. The summed E-state index contributed by atoms with van der Waals surface area (Å²) in [5.74, 6) is -0.275. The fourth-order valence-corrected chi connectivity index (χ4v) is 1.49. The molecule has 0 aromatic carbocycles. The van der Waals surface area contributed by atoms with Gasteiger partial charge >= 0.3 is 0 Å². The SMILES string of the molecule is CC(O)(C1CC1)S(=O)(=O)O. The molecule has 1 atom stereocenters. The standard InChI is InChI=1S/C5H10O4S/c1-5(6,4-2-3-4)10(7,8)9/h4,6H,2-3H2,1H3,(H,7,8,9). The Hall–Kier alpha value is -0.130. The number of aliphatic hydroxyl groups is 1. The second-order valence-electron chi connectivity index (χ2n) is 2.80. The van der Waals surface area contributed by atoms with Gasteiger partial charge in [-0.3, -0.25) is 4.55 Å². The van der Waals surface area contributed by atoms with Crippen LogP contribution in [0, 0.1) is 5.92 Å². The maximum absolute atomic E-state index is 10.4. The van der Waals surface area contributed by atoms with Crippen LogP contribution in [0.15, 0.2) is 0 Å². The first-order valence-corrected chi connectivity index (χ1v) is 4.49. The Bertz CT molecular complexity index is 224. The fraction of sp³-hybridized carbons (Fsp3) is 1.00. The molecule has 1 aliphatic rings. The highest BCUT2D eigenvalue weighted by Crippen LogP contribution is 2.41. The van der Waals surface area contributed by atoms with Gasteiger partial charge in [0, 0.05) is 5.92 Å². The molecule has 4 nitrogen and oxygen atoms in total. The quantitative estimate of drug-likeness (QED) is 0.566. The predicted octanol–water partition coefficient (Wildman–Crippen LogP) is -0.00730. The van der Waals surface area contributed by atoms with Crippen molar-refractivity contribution in [2.24, 2.45) is 5.92 Å². The van der Waals surface area contributed by atoms with Crippen molar-refractivity contribution in [1.82, 2.24) is 0 Å². The summed E-state index contributed by atoms with van der Waals surface area (Å²) in [5.41, 5.74) is 0. The van der Waals surface area contributed by atoms with Crippen molar-refractivity contribution in [1.29, 1.82) is 0 Å². The van der Waals surface area contributed by atoms with Crippen molar-refractivity contribution in [2.45, 2.75) is 24.7 Å². The van der Waals surface area contributed by atoms with Crippen molar-refractivity contribution in [3.63, 3.8) is 0 Å². The summed E-state index contributed by atoms with van der Waals surface area (Å²) in [6, 6.07) is 0. The molecule has 0 aromatic heterocycles. The van der Waals surface area contributed by atoms with E-state index in [0.29, 0.717) is 12.8 Å². The molecule has 2 N–H and O–H groups in total. The minimum atomic E-state index is -4.28. The Morgan fingerprint density at radius 3 is 2.00 bits per heavy atom. The molecule has 0 saturated heterocycles. The van der Waals surface area contributed by atoms with E-state index in [4.69, 9.17) is 9.66 Å². The van der Waals surface area contributed by atoms with Crippen molar-refractivity contribution >= 4 is 10.1 Å². The summed E-state index contributed by atoms with van der Waals surface area (Å²) in [5, 5.41) is 9.15. The minimum absolute atomic E-state index is 0.275. The Morgan fingerprint density at radius 1 is 1.50 bits per heavy atom. The van der Waals surface area contributed by atoms with Crippen LogP contribution in [0.4, 0.5) is 0 Å². The molecular formula is C5H10O4S. The molecule has 60 valence electrons. The maximum atomic E-state index is 10.4. The molecule has 10 heavy (non-hydrogen) atoms. The van der Waals surface area contributed by atoms with Gasteiger partial charge in [0.05, 0.1) is 0 Å². The van der Waals surface area contributed by atoms with E-state index in [1.807, 2.05) is 0 Å². The molecule has 0 aliphatic heterocycles. The summed E-state index contributed by atoms with van der Waals surface area (Å²) >= 11 is 0. The van der Waals surface area contributed by atoms with E-state index in [-0.39, 0.29) is 5.92 Å². The lowest BCUT2D eigenvalue weighted by molar-refractivity contribution is 0.110. The van der Waals surface area contributed by atoms with Gasteiger partial charge in [-0.25, -0.2) is 0 Å². The van der Waals surface area contributed by atoms with Crippen LogP contribution < -0.4 is 0 Å². The first-order chi connectivity index (χ1) is 4.36. The Balaban J connectivity index is 2.86. The summed E-state index contributed by atoms with van der Waals surface area (Å²) in [6.07, 6.45) is 1.35. The Labute approximate surface area is 59.6 Å². The highest BCUT2D eigenvalue weighted by Gasteiger charge is 2.49. The van der Waals surface area contributed by atoms with E-state index >= 15 is 0 Å². The van der Waals surface area contributed by atoms with E-state index in [1.54, 1.807) is 0 Å². The third-order valence-corrected chi connectivity index (χ3v) is 3.23. The zero-order chi connectivity index (χ0) is 7.99. The van der Waals surface area contributed by atoms with Gasteiger partial charge in [-0.15, -0.1) is 0 Å². The Morgan fingerprint density at radius 2 is 1.90 bits per heavy atom. The highest BCUT2D eigenvalue weighted by atomic mass is 32.2. The van der Waals surface area contributed by atoms with Crippen molar-refractivity contribution in [3.8, 4) is 0 Å². The molecule has 0 aromatic rings. The Kier molecular flexibility index (Phi) is 1.54. The topological polar surface area (TPSA) is 74.6 Å². The summed E-state index contributed by atoms with van der Waals surface area (Å²) in [7, 11) is -4.28. The lowest BCUT2D eigenvalue weighted by atomic mass is 10.3. The summed E-state index contributed by atoms with van der Waals surface area (Å²) in [6.45, 7) is 1.12. The van der Waals surface area contributed by atoms with E-state index in [9.17, 15) is 8.42 Å². The number of hydrogen-bond acceptors (Lipinski definition) is 3. The minimum Gasteiger partial charge on any atom is -0.372 e. The smallest absolute Gasteiger partial charge is 0.294 e. The van der Waals surface area contributed by atoms with Crippen LogP contribution >= 0.6 is 0 Å². The molecule has 0 radical (unpaired) electrons. The third kappa shape index (κ3) is 1.16. The van der Waals surface area contributed by atoms with Crippen LogP contribution in [0.25, 0.3) is 0 Å². The first kappa shape index (κ1) is 7.97. The molecule has 1 unspecified atom stereocenters. The average Bonchev–Trinajstić information content (AvgIpc) is 2.38. The van der Waals surface area contributed by atoms with Gasteiger partial charge in [0.25, 0.3) is 10.1 Å². The molecule has 0 amide bonds. The van der Waals surface area contributed by atoms with Crippen LogP contribution in [0.2, 0.25) is 0 Å².